The lowest BCUT2D eigenvalue weighted by Crippen LogP contribution is -2.48. The second-order valence-corrected chi connectivity index (χ2v) is 7.30. The Labute approximate surface area is 109 Å². The topological polar surface area (TPSA) is 49.3 Å². The average molecular weight is 259 g/mol. The van der Waals surface area contributed by atoms with Crippen LogP contribution >= 0.6 is 11.8 Å². The van der Waals surface area contributed by atoms with Crippen molar-refractivity contribution in [1.82, 2.24) is 5.32 Å². The molecule has 1 aliphatic heterocycles. The lowest BCUT2D eigenvalue weighted by Gasteiger charge is -2.36. The summed E-state index contributed by atoms with van der Waals surface area (Å²) in [7, 11) is 0. The van der Waals surface area contributed by atoms with Crippen molar-refractivity contribution < 1.29 is 9.90 Å². The number of hydrogen-bond acceptors (Lipinski definition) is 3. The Morgan fingerprint density at radius 1 is 1.53 bits per heavy atom. The SMILES string of the molecule is CC(C)CC(NC1CSCC(C)(C)C1)C(=O)O. The highest BCUT2D eigenvalue weighted by Gasteiger charge is 2.31. The quantitative estimate of drug-likeness (QED) is 0.797. The molecule has 17 heavy (non-hydrogen) atoms. The van der Waals surface area contributed by atoms with Gasteiger partial charge in [0, 0.05) is 11.8 Å². The molecule has 3 nitrogen and oxygen atoms in total. The second kappa shape index (κ2) is 6.10. The molecule has 0 aromatic heterocycles. The fraction of sp³-hybridized carbons (Fsp3) is 0.923. The Kier molecular flexibility index (Phi) is 5.32. The highest BCUT2D eigenvalue weighted by atomic mass is 32.2. The first-order chi connectivity index (χ1) is 7.80. The zero-order chi connectivity index (χ0) is 13.1. The Bertz CT molecular complexity index is 266. The Morgan fingerprint density at radius 3 is 2.65 bits per heavy atom. The molecule has 4 heteroatoms. The number of aliphatic carboxylic acids is 1. The molecule has 1 saturated heterocycles. The van der Waals surface area contributed by atoms with Crippen molar-refractivity contribution >= 4 is 17.7 Å². The summed E-state index contributed by atoms with van der Waals surface area (Å²) in [5.41, 5.74) is 0.321. The zero-order valence-electron chi connectivity index (χ0n) is 11.3. The van der Waals surface area contributed by atoms with Crippen LogP contribution in [0.5, 0.6) is 0 Å². The van der Waals surface area contributed by atoms with Crippen molar-refractivity contribution in [2.24, 2.45) is 11.3 Å². The largest absolute Gasteiger partial charge is 0.480 e. The minimum atomic E-state index is -0.716. The molecule has 1 rings (SSSR count). The summed E-state index contributed by atoms with van der Waals surface area (Å²) in [5.74, 6) is 1.90. The van der Waals surface area contributed by atoms with Crippen LogP contribution in [0.15, 0.2) is 0 Å². The zero-order valence-corrected chi connectivity index (χ0v) is 12.1. The van der Waals surface area contributed by atoms with E-state index in [9.17, 15) is 9.90 Å². The van der Waals surface area contributed by atoms with Crippen LogP contribution in [0, 0.1) is 11.3 Å². The van der Waals surface area contributed by atoms with Crippen molar-refractivity contribution in [1.29, 1.82) is 0 Å². The molecule has 1 aliphatic rings. The highest BCUT2D eigenvalue weighted by molar-refractivity contribution is 7.99. The predicted octanol–water partition coefficient (Wildman–Crippen LogP) is 2.61. The predicted molar refractivity (Wildman–Crippen MR) is 73.5 cm³/mol. The fourth-order valence-electron chi connectivity index (χ4n) is 2.37. The maximum atomic E-state index is 11.2. The third-order valence-electron chi connectivity index (χ3n) is 3.05. The van der Waals surface area contributed by atoms with E-state index in [-0.39, 0.29) is 0 Å². The molecule has 0 spiro atoms. The minimum Gasteiger partial charge on any atom is -0.480 e. The third kappa shape index (κ3) is 5.30. The molecule has 0 aliphatic carbocycles. The Hall–Kier alpha value is -0.220. The lowest BCUT2D eigenvalue weighted by molar-refractivity contribution is -0.140. The number of nitrogens with one attached hydrogen (secondary N) is 1. The fourth-order valence-corrected chi connectivity index (χ4v) is 3.65. The molecule has 100 valence electrons. The molecule has 0 radical (unpaired) electrons. The summed E-state index contributed by atoms with van der Waals surface area (Å²) < 4.78 is 0. The van der Waals surface area contributed by atoms with Gasteiger partial charge in [-0.1, -0.05) is 27.7 Å². The molecule has 1 heterocycles. The van der Waals surface area contributed by atoms with Gasteiger partial charge in [0.1, 0.15) is 6.04 Å². The van der Waals surface area contributed by atoms with E-state index >= 15 is 0 Å². The van der Waals surface area contributed by atoms with E-state index in [0.29, 0.717) is 23.8 Å². The van der Waals surface area contributed by atoms with Gasteiger partial charge in [-0.2, -0.15) is 11.8 Å². The normalized spacial score (nSPS) is 25.8. The molecule has 0 aromatic rings. The molecule has 1 fully saturated rings. The van der Waals surface area contributed by atoms with Crippen molar-refractivity contribution in [3.8, 4) is 0 Å². The average Bonchev–Trinajstić information content (AvgIpc) is 2.14. The summed E-state index contributed by atoms with van der Waals surface area (Å²) in [5, 5.41) is 12.5. The van der Waals surface area contributed by atoms with Crippen molar-refractivity contribution in [3.63, 3.8) is 0 Å². The molecular formula is C13H25NO2S. The van der Waals surface area contributed by atoms with E-state index < -0.39 is 12.0 Å². The van der Waals surface area contributed by atoms with Gasteiger partial charge in [0.05, 0.1) is 0 Å². The molecule has 0 amide bonds. The van der Waals surface area contributed by atoms with E-state index in [1.165, 1.54) is 5.75 Å². The standard InChI is InChI=1S/C13H25NO2S/c1-9(2)5-11(12(15)16)14-10-6-13(3,4)8-17-7-10/h9-11,14H,5-8H2,1-4H3,(H,15,16). The molecule has 2 unspecified atom stereocenters. The van der Waals surface area contributed by atoms with Crippen LogP contribution < -0.4 is 5.32 Å². The summed E-state index contributed by atoms with van der Waals surface area (Å²) in [6.07, 6.45) is 1.78. The van der Waals surface area contributed by atoms with Crippen LogP contribution in [-0.4, -0.2) is 34.7 Å². The van der Waals surface area contributed by atoms with Gasteiger partial charge in [-0.05, 0) is 29.9 Å². The van der Waals surface area contributed by atoms with Crippen LogP contribution in [-0.2, 0) is 4.79 Å². The van der Waals surface area contributed by atoms with Gasteiger partial charge in [-0.3, -0.25) is 4.79 Å². The van der Waals surface area contributed by atoms with E-state index in [4.69, 9.17) is 0 Å². The number of thioether (sulfide) groups is 1. The van der Waals surface area contributed by atoms with Gasteiger partial charge < -0.3 is 10.4 Å². The lowest BCUT2D eigenvalue weighted by atomic mass is 9.87. The molecule has 0 bridgehead atoms. The molecule has 2 atom stereocenters. The maximum Gasteiger partial charge on any atom is 0.320 e. The van der Waals surface area contributed by atoms with Crippen LogP contribution in [0.1, 0.15) is 40.5 Å². The summed E-state index contributed by atoms with van der Waals surface area (Å²) in [6, 6.07) is -0.0573. The number of hydrogen-bond donors (Lipinski definition) is 2. The summed E-state index contributed by atoms with van der Waals surface area (Å²) >= 11 is 1.93. The Morgan fingerprint density at radius 2 is 2.18 bits per heavy atom. The molecule has 2 N–H and O–H groups in total. The first kappa shape index (κ1) is 14.8. The number of rotatable bonds is 5. The summed E-state index contributed by atoms with van der Waals surface area (Å²) in [6.45, 7) is 8.65. The number of carboxylic acid groups (broad SMARTS) is 1. The molecule has 0 aromatic carbocycles. The number of carbonyl (C=O) groups is 1. The van der Waals surface area contributed by atoms with E-state index in [2.05, 4.69) is 33.0 Å². The molecule has 0 saturated carbocycles. The second-order valence-electron chi connectivity index (χ2n) is 6.27. The van der Waals surface area contributed by atoms with Gasteiger partial charge >= 0.3 is 5.97 Å². The third-order valence-corrected chi connectivity index (χ3v) is 4.68. The van der Waals surface area contributed by atoms with Gasteiger partial charge in [-0.25, -0.2) is 0 Å². The van der Waals surface area contributed by atoms with Crippen molar-refractivity contribution in [2.75, 3.05) is 11.5 Å². The smallest absolute Gasteiger partial charge is 0.320 e. The van der Waals surface area contributed by atoms with Gasteiger partial charge in [0.25, 0.3) is 0 Å². The van der Waals surface area contributed by atoms with Crippen LogP contribution in [0.3, 0.4) is 0 Å². The van der Waals surface area contributed by atoms with Crippen LogP contribution in [0.25, 0.3) is 0 Å². The van der Waals surface area contributed by atoms with E-state index in [0.717, 1.165) is 12.2 Å². The first-order valence-electron chi connectivity index (χ1n) is 6.37. The Balaban J connectivity index is 2.52. The van der Waals surface area contributed by atoms with Gasteiger partial charge in [0.2, 0.25) is 0 Å². The van der Waals surface area contributed by atoms with Crippen molar-refractivity contribution in [2.45, 2.75) is 52.6 Å². The van der Waals surface area contributed by atoms with Crippen LogP contribution in [0.2, 0.25) is 0 Å². The minimum absolute atomic E-state index is 0.321. The van der Waals surface area contributed by atoms with Gasteiger partial charge in [0.15, 0.2) is 0 Å². The van der Waals surface area contributed by atoms with Crippen molar-refractivity contribution in [3.05, 3.63) is 0 Å². The van der Waals surface area contributed by atoms with Crippen LogP contribution in [0.4, 0.5) is 0 Å². The monoisotopic (exact) mass is 259 g/mol. The van der Waals surface area contributed by atoms with Gasteiger partial charge in [-0.15, -0.1) is 0 Å². The van der Waals surface area contributed by atoms with E-state index in [1.807, 2.05) is 11.8 Å². The number of carboxylic acids is 1. The molecular weight excluding hydrogens is 234 g/mol. The summed E-state index contributed by atoms with van der Waals surface area (Å²) in [4.78, 5) is 11.2. The highest BCUT2D eigenvalue weighted by Crippen LogP contribution is 2.33. The van der Waals surface area contributed by atoms with E-state index in [1.54, 1.807) is 0 Å². The maximum absolute atomic E-state index is 11.2. The first-order valence-corrected chi connectivity index (χ1v) is 7.52.